The summed E-state index contributed by atoms with van der Waals surface area (Å²) in [6.45, 7) is 1.43. The molecule has 0 aromatic heterocycles. The fourth-order valence-electron chi connectivity index (χ4n) is 2.29. The first-order chi connectivity index (χ1) is 6.14. The molecule has 2 N–H and O–H groups in total. The zero-order valence-corrected chi connectivity index (χ0v) is 7.86. The minimum Gasteiger partial charge on any atom is -0.378 e. The first-order valence-corrected chi connectivity index (χ1v) is 4.64. The molecule has 0 radical (unpaired) electrons. The van der Waals surface area contributed by atoms with Crippen LogP contribution in [0.5, 0.6) is 0 Å². The summed E-state index contributed by atoms with van der Waals surface area (Å²) in [7, 11) is 2.09. The maximum Gasteiger partial charge on any atom is 0.107 e. The Balaban J connectivity index is 2.17. The molecule has 2 bridgehead atoms. The monoisotopic (exact) mass is 181 g/mol. The Kier molecular flexibility index (Phi) is 2.03. The molecule has 2 atom stereocenters. The van der Waals surface area contributed by atoms with Crippen LogP contribution in [0, 0.1) is 11.3 Å². The Bertz CT molecular complexity index is 234. The number of piperidine rings is 1. The van der Waals surface area contributed by atoms with Crippen LogP contribution in [0.2, 0.25) is 0 Å². The molecule has 2 rings (SSSR count). The molecule has 0 spiro atoms. The Labute approximate surface area is 78.3 Å². The van der Waals surface area contributed by atoms with Crippen molar-refractivity contribution in [2.75, 3.05) is 20.3 Å². The molecule has 2 saturated heterocycles. The van der Waals surface area contributed by atoms with Crippen LogP contribution in [0.15, 0.2) is 0 Å². The highest BCUT2D eigenvalue weighted by atomic mass is 16.5. The van der Waals surface area contributed by atoms with E-state index in [4.69, 9.17) is 15.7 Å². The fourth-order valence-corrected chi connectivity index (χ4v) is 2.29. The second-order valence-electron chi connectivity index (χ2n) is 4.19. The van der Waals surface area contributed by atoms with Crippen LogP contribution in [0.25, 0.3) is 0 Å². The molecule has 2 unspecified atom stereocenters. The second kappa shape index (κ2) is 2.95. The van der Waals surface area contributed by atoms with Crippen molar-refractivity contribution >= 4 is 0 Å². The van der Waals surface area contributed by atoms with Crippen molar-refractivity contribution in [3.8, 4) is 6.07 Å². The molecular weight excluding hydrogens is 166 g/mol. The largest absolute Gasteiger partial charge is 0.378 e. The van der Waals surface area contributed by atoms with Gasteiger partial charge in [0.1, 0.15) is 5.54 Å². The zero-order chi connectivity index (χ0) is 9.47. The van der Waals surface area contributed by atoms with E-state index in [1.165, 1.54) is 0 Å². The van der Waals surface area contributed by atoms with Crippen LogP contribution in [-0.4, -0.2) is 42.8 Å². The van der Waals surface area contributed by atoms with Gasteiger partial charge in [-0.15, -0.1) is 0 Å². The van der Waals surface area contributed by atoms with E-state index in [-0.39, 0.29) is 0 Å². The fraction of sp³-hybridized carbons (Fsp3) is 0.889. The van der Waals surface area contributed by atoms with Gasteiger partial charge in [-0.3, -0.25) is 4.90 Å². The number of hydrogen-bond donors (Lipinski definition) is 1. The molecule has 4 nitrogen and oxygen atoms in total. The third-order valence-electron chi connectivity index (χ3n) is 3.19. The van der Waals surface area contributed by atoms with Gasteiger partial charge < -0.3 is 10.5 Å². The average molecular weight is 181 g/mol. The highest BCUT2D eigenvalue weighted by Crippen LogP contribution is 2.31. The number of nitriles is 1. The van der Waals surface area contributed by atoms with Crippen LogP contribution in [0.4, 0.5) is 0 Å². The number of nitrogens with zero attached hydrogens (tertiary/aromatic N) is 2. The summed E-state index contributed by atoms with van der Waals surface area (Å²) in [5.41, 5.74) is 5.35. The number of nitrogens with two attached hydrogens (primary N) is 1. The Morgan fingerprint density at radius 2 is 2.00 bits per heavy atom. The van der Waals surface area contributed by atoms with Crippen molar-refractivity contribution in [2.24, 2.45) is 5.73 Å². The Morgan fingerprint density at radius 1 is 1.46 bits per heavy atom. The van der Waals surface area contributed by atoms with E-state index in [0.29, 0.717) is 25.3 Å². The van der Waals surface area contributed by atoms with Gasteiger partial charge in [0.2, 0.25) is 0 Å². The number of hydrogen-bond acceptors (Lipinski definition) is 4. The van der Waals surface area contributed by atoms with Gasteiger partial charge in [-0.25, -0.2) is 0 Å². The third-order valence-corrected chi connectivity index (χ3v) is 3.19. The van der Waals surface area contributed by atoms with Crippen molar-refractivity contribution in [1.82, 2.24) is 4.90 Å². The topological polar surface area (TPSA) is 62.3 Å². The molecule has 0 aromatic rings. The molecule has 2 fully saturated rings. The Hall–Kier alpha value is -0.630. The minimum atomic E-state index is -0.619. The normalized spacial score (nSPS) is 45.6. The second-order valence-corrected chi connectivity index (χ2v) is 4.19. The van der Waals surface area contributed by atoms with Crippen molar-refractivity contribution < 1.29 is 4.74 Å². The summed E-state index contributed by atoms with van der Waals surface area (Å²) in [5, 5.41) is 8.96. The SMILES string of the molecule is CN1C2COCC1CC(N)(C#N)C2. The molecule has 0 amide bonds. The van der Waals surface area contributed by atoms with Crippen LogP contribution in [-0.2, 0) is 4.74 Å². The predicted molar refractivity (Wildman–Crippen MR) is 47.9 cm³/mol. The van der Waals surface area contributed by atoms with E-state index < -0.39 is 5.54 Å². The number of fused-ring (bicyclic) bond motifs is 2. The van der Waals surface area contributed by atoms with Gasteiger partial charge in [0.25, 0.3) is 0 Å². The van der Waals surface area contributed by atoms with E-state index >= 15 is 0 Å². The summed E-state index contributed by atoms with van der Waals surface area (Å²) >= 11 is 0. The molecular formula is C9H15N3O. The zero-order valence-electron chi connectivity index (χ0n) is 7.86. The van der Waals surface area contributed by atoms with E-state index in [0.717, 1.165) is 12.8 Å². The predicted octanol–water partition coefficient (Wildman–Crippen LogP) is -0.300. The van der Waals surface area contributed by atoms with Crippen molar-refractivity contribution in [1.29, 1.82) is 5.26 Å². The molecule has 0 aromatic carbocycles. The van der Waals surface area contributed by atoms with Gasteiger partial charge in [0, 0.05) is 12.1 Å². The Morgan fingerprint density at radius 3 is 2.46 bits per heavy atom. The van der Waals surface area contributed by atoms with Gasteiger partial charge in [-0.05, 0) is 19.9 Å². The molecule has 13 heavy (non-hydrogen) atoms. The van der Waals surface area contributed by atoms with E-state index in [2.05, 4.69) is 18.0 Å². The van der Waals surface area contributed by atoms with Gasteiger partial charge >= 0.3 is 0 Å². The molecule has 2 aliphatic heterocycles. The highest BCUT2D eigenvalue weighted by Gasteiger charge is 2.43. The maximum atomic E-state index is 8.96. The lowest BCUT2D eigenvalue weighted by Gasteiger charge is -2.48. The summed E-state index contributed by atoms with van der Waals surface area (Å²) in [5.74, 6) is 0. The summed E-state index contributed by atoms with van der Waals surface area (Å²) in [6, 6.07) is 2.89. The molecule has 2 aliphatic rings. The number of ether oxygens (including phenoxy) is 1. The van der Waals surface area contributed by atoms with Crippen molar-refractivity contribution in [3.05, 3.63) is 0 Å². The van der Waals surface area contributed by atoms with E-state index in [1.807, 2.05) is 0 Å². The molecule has 0 saturated carbocycles. The number of likely N-dealkylation sites (N-methyl/N-ethyl adjacent to an activating group) is 1. The van der Waals surface area contributed by atoms with Gasteiger partial charge in [-0.2, -0.15) is 5.26 Å². The van der Waals surface area contributed by atoms with Gasteiger partial charge in [-0.1, -0.05) is 0 Å². The standard InChI is InChI=1S/C9H15N3O/c1-12-7-2-9(11,6-10)3-8(12)5-13-4-7/h7-8H,2-5,11H2,1H3. The smallest absolute Gasteiger partial charge is 0.107 e. The lowest BCUT2D eigenvalue weighted by molar-refractivity contribution is -0.0726. The van der Waals surface area contributed by atoms with Crippen molar-refractivity contribution in [3.63, 3.8) is 0 Å². The lowest BCUT2D eigenvalue weighted by atomic mass is 9.80. The number of rotatable bonds is 0. The summed E-state index contributed by atoms with van der Waals surface area (Å²) in [4.78, 5) is 2.30. The van der Waals surface area contributed by atoms with Crippen LogP contribution >= 0.6 is 0 Å². The van der Waals surface area contributed by atoms with Crippen LogP contribution in [0.1, 0.15) is 12.8 Å². The number of morpholine rings is 1. The molecule has 72 valence electrons. The minimum absolute atomic E-state index is 0.331. The maximum absolute atomic E-state index is 8.96. The first-order valence-electron chi connectivity index (χ1n) is 4.64. The van der Waals surface area contributed by atoms with Gasteiger partial charge in [0.15, 0.2) is 0 Å². The van der Waals surface area contributed by atoms with Crippen molar-refractivity contribution in [2.45, 2.75) is 30.5 Å². The van der Waals surface area contributed by atoms with Crippen LogP contribution in [0.3, 0.4) is 0 Å². The highest BCUT2D eigenvalue weighted by molar-refractivity contribution is 5.12. The third kappa shape index (κ3) is 1.44. The van der Waals surface area contributed by atoms with E-state index in [1.54, 1.807) is 0 Å². The lowest BCUT2D eigenvalue weighted by Crippen LogP contribution is -2.62. The van der Waals surface area contributed by atoms with E-state index in [9.17, 15) is 0 Å². The molecule has 2 heterocycles. The van der Waals surface area contributed by atoms with Crippen LogP contribution < -0.4 is 5.73 Å². The molecule has 0 aliphatic carbocycles. The quantitative estimate of drug-likeness (QED) is 0.557. The first kappa shape index (κ1) is 8.95. The summed E-state index contributed by atoms with van der Waals surface area (Å²) < 4.78 is 5.44. The average Bonchev–Trinajstić information content (AvgIpc) is 2.08. The van der Waals surface area contributed by atoms with Gasteiger partial charge in [0.05, 0.1) is 19.3 Å². The molecule has 4 heteroatoms. The summed E-state index contributed by atoms with van der Waals surface area (Å²) in [6.07, 6.45) is 1.47.